The number of nitrogens with one attached hydrogen (secondary N) is 1. The zero-order chi connectivity index (χ0) is 21.6. The van der Waals surface area contributed by atoms with Crippen molar-refractivity contribution in [1.82, 2.24) is 14.5 Å². The Balaban J connectivity index is 1.78. The Kier molecular flexibility index (Phi) is 8.42. The average molecular weight is 438 g/mol. The van der Waals surface area contributed by atoms with Gasteiger partial charge in [0, 0.05) is 17.7 Å². The monoisotopic (exact) mass is 437 g/mol. The highest BCUT2D eigenvalue weighted by molar-refractivity contribution is 7.89. The van der Waals surface area contributed by atoms with Gasteiger partial charge in [-0.15, -0.1) is 0 Å². The molecule has 5 nitrogen and oxygen atoms in total. The Morgan fingerprint density at radius 2 is 1.30 bits per heavy atom. The number of hydrogen-bond acceptors (Lipinski definition) is 3. The van der Waals surface area contributed by atoms with E-state index in [4.69, 9.17) is 5.10 Å². The zero-order valence-electron chi connectivity index (χ0n) is 19.5. The van der Waals surface area contributed by atoms with Gasteiger partial charge >= 0.3 is 0 Å². The SMILES string of the molecule is CC(C)(C)c1nn(C2CCCC2)cc1S(=O)(=O)NC1CCCCCCCCCCC1. The van der Waals surface area contributed by atoms with Crippen molar-refractivity contribution in [3.63, 3.8) is 0 Å². The van der Waals surface area contributed by atoms with Crippen molar-refractivity contribution in [1.29, 1.82) is 0 Å². The second kappa shape index (κ2) is 10.6. The summed E-state index contributed by atoms with van der Waals surface area (Å²) in [4.78, 5) is 0.396. The lowest BCUT2D eigenvalue weighted by Gasteiger charge is -2.21. The summed E-state index contributed by atoms with van der Waals surface area (Å²) in [6.07, 6.45) is 19.5. The highest BCUT2D eigenvalue weighted by Crippen LogP contribution is 2.34. The van der Waals surface area contributed by atoms with Gasteiger partial charge in [0.05, 0.1) is 11.7 Å². The lowest BCUT2D eigenvalue weighted by molar-refractivity contribution is 0.439. The number of aromatic nitrogens is 2. The number of sulfonamides is 1. The maximum atomic E-state index is 13.5. The average Bonchev–Trinajstić information content (AvgIpc) is 3.33. The summed E-state index contributed by atoms with van der Waals surface area (Å²) in [5, 5.41) is 4.80. The lowest BCUT2D eigenvalue weighted by Crippen LogP contribution is -2.36. The molecule has 0 spiro atoms. The molecule has 0 aromatic carbocycles. The first-order valence-electron chi connectivity index (χ1n) is 12.4. The van der Waals surface area contributed by atoms with Crippen molar-refractivity contribution in [2.24, 2.45) is 0 Å². The lowest BCUT2D eigenvalue weighted by atomic mass is 9.92. The Morgan fingerprint density at radius 1 is 0.833 bits per heavy atom. The van der Waals surface area contributed by atoms with E-state index < -0.39 is 10.0 Å². The fourth-order valence-corrected chi connectivity index (χ4v) is 6.66. The zero-order valence-corrected chi connectivity index (χ0v) is 20.3. The molecule has 1 heterocycles. The summed E-state index contributed by atoms with van der Waals surface area (Å²) in [5.41, 5.74) is 0.399. The van der Waals surface area contributed by atoms with Gasteiger partial charge in [-0.1, -0.05) is 91.4 Å². The van der Waals surface area contributed by atoms with Crippen LogP contribution in [-0.4, -0.2) is 24.2 Å². The molecule has 0 saturated heterocycles. The second-order valence-corrected chi connectivity index (χ2v) is 12.3. The van der Waals surface area contributed by atoms with Crippen LogP contribution in [0.25, 0.3) is 0 Å². The fourth-order valence-electron chi connectivity index (χ4n) is 5.01. The molecule has 2 fully saturated rings. The van der Waals surface area contributed by atoms with Gasteiger partial charge in [-0.05, 0) is 25.7 Å². The molecule has 0 radical (unpaired) electrons. The minimum absolute atomic E-state index is 0.0390. The molecule has 172 valence electrons. The van der Waals surface area contributed by atoms with E-state index in [1.807, 2.05) is 10.9 Å². The number of rotatable bonds is 4. The van der Waals surface area contributed by atoms with Crippen LogP contribution < -0.4 is 4.72 Å². The van der Waals surface area contributed by atoms with Gasteiger partial charge in [-0.3, -0.25) is 4.68 Å². The molecule has 2 saturated carbocycles. The van der Waals surface area contributed by atoms with E-state index in [-0.39, 0.29) is 11.5 Å². The first-order chi connectivity index (χ1) is 14.3. The van der Waals surface area contributed by atoms with Crippen LogP contribution in [0.15, 0.2) is 11.1 Å². The summed E-state index contributed by atoms with van der Waals surface area (Å²) in [5.74, 6) is 0. The predicted molar refractivity (Wildman–Crippen MR) is 123 cm³/mol. The molecule has 0 amide bonds. The molecule has 1 N–H and O–H groups in total. The highest BCUT2D eigenvalue weighted by atomic mass is 32.2. The first-order valence-corrected chi connectivity index (χ1v) is 13.9. The standard InChI is InChI=1S/C24H43N3O2S/c1-24(2,3)23-22(19-27(25-23)21-17-13-14-18-21)30(28,29)26-20-15-11-9-7-5-4-6-8-10-12-16-20/h19-21,26H,4-18H2,1-3H3. The minimum atomic E-state index is -3.58. The van der Waals surface area contributed by atoms with Crippen molar-refractivity contribution in [2.45, 2.75) is 139 Å². The van der Waals surface area contributed by atoms with Crippen molar-refractivity contribution < 1.29 is 8.42 Å². The molecular formula is C24H43N3O2S. The van der Waals surface area contributed by atoms with E-state index in [1.165, 1.54) is 57.8 Å². The van der Waals surface area contributed by atoms with Gasteiger partial charge in [-0.2, -0.15) is 5.10 Å². The number of hydrogen-bond donors (Lipinski definition) is 1. The van der Waals surface area contributed by atoms with E-state index in [0.717, 1.165) is 38.5 Å². The third kappa shape index (κ3) is 6.56. The molecule has 1 aromatic heterocycles. The van der Waals surface area contributed by atoms with E-state index in [1.54, 1.807) is 0 Å². The van der Waals surface area contributed by atoms with Crippen LogP contribution in [0.4, 0.5) is 0 Å². The summed E-state index contributed by atoms with van der Waals surface area (Å²) in [6.45, 7) is 6.18. The third-order valence-electron chi connectivity index (χ3n) is 6.82. The summed E-state index contributed by atoms with van der Waals surface area (Å²) in [7, 11) is -3.58. The molecule has 2 aliphatic carbocycles. The van der Waals surface area contributed by atoms with Gasteiger partial charge in [0.2, 0.25) is 10.0 Å². The first kappa shape index (κ1) is 23.8. The van der Waals surface area contributed by atoms with Crippen molar-refractivity contribution in [3.05, 3.63) is 11.9 Å². The van der Waals surface area contributed by atoms with Crippen LogP contribution in [0, 0.1) is 0 Å². The summed E-state index contributed by atoms with van der Waals surface area (Å²) in [6, 6.07) is 0.383. The van der Waals surface area contributed by atoms with E-state index in [9.17, 15) is 8.42 Å². The fraction of sp³-hybridized carbons (Fsp3) is 0.875. The normalized spacial score (nSPS) is 22.0. The van der Waals surface area contributed by atoms with Crippen molar-refractivity contribution in [3.8, 4) is 0 Å². The molecule has 0 bridgehead atoms. The largest absolute Gasteiger partial charge is 0.268 e. The molecule has 2 aliphatic rings. The maximum Gasteiger partial charge on any atom is 0.244 e. The highest BCUT2D eigenvalue weighted by Gasteiger charge is 2.33. The third-order valence-corrected chi connectivity index (χ3v) is 8.35. The molecule has 6 heteroatoms. The summed E-state index contributed by atoms with van der Waals surface area (Å²) < 4.78 is 32.1. The predicted octanol–water partition coefficient (Wildman–Crippen LogP) is 6.25. The van der Waals surface area contributed by atoms with E-state index >= 15 is 0 Å². The minimum Gasteiger partial charge on any atom is -0.268 e. The Morgan fingerprint density at radius 3 is 1.80 bits per heavy atom. The Labute approximate surface area is 184 Å². The van der Waals surface area contributed by atoms with Gasteiger partial charge in [0.15, 0.2) is 0 Å². The second-order valence-electron chi connectivity index (χ2n) is 10.6. The van der Waals surface area contributed by atoms with Gasteiger partial charge < -0.3 is 0 Å². The molecular weight excluding hydrogens is 394 g/mol. The van der Waals surface area contributed by atoms with Crippen LogP contribution >= 0.6 is 0 Å². The maximum absolute atomic E-state index is 13.5. The van der Waals surface area contributed by atoms with Crippen LogP contribution in [0.3, 0.4) is 0 Å². The molecule has 1 aromatic rings. The van der Waals surface area contributed by atoms with E-state index in [0.29, 0.717) is 16.6 Å². The Bertz CT molecular complexity index is 746. The molecule has 30 heavy (non-hydrogen) atoms. The smallest absolute Gasteiger partial charge is 0.244 e. The quantitative estimate of drug-likeness (QED) is 0.606. The molecule has 3 rings (SSSR count). The van der Waals surface area contributed by atoms with Crippen LogP contribution in [0.1, 0.15) is 129 Å². The summed E-state index contributed by atoms with van der Waals surface area (Å²) >= 11 is 0. The Hall–Kier alpha value is -0.880. The number of nitrogens with zero attached hydrogens (tertiary/aromatic N) is 2. The van der Waals surface area contributed by atoms with Crippen LogP contribution in [0.2, 0.25) is 0 Å². The van der Waals surface area contributed by atoms with E-state index in [2.05, 4.69) is 25.5 Å². The molecule has 0 unspecified atom stereocenters. The van der Waals surface area contributed by atoms with Gasteiger partial charge in [0.25, 0.3) is 0 Å². The van der Waals surface area contributed by atoms with Crippen LogP contribution in [0.5, 0.6) is 0 Å². The van der Waals surface area contributed by atoms with Gasteiger partial charge in [0.1, 0.15) is 4.90 Å². The van der Waals surface area contributed by atoms with Crippen molar-refractivity contribution in [2.75, 3.05) is 0 Å². The molecule has 0 aliphatic heterocycles. The molecule has 0 atom stereocenters. The van der Waals surface area contributed by atoms with Gasteiger partial charge in [-0.25, -0.2) is 13.1 Å². The van der Waals surface area contributed by atoms with Crippen molar-refractivity contribution >= 4 is 10.0 Å². The van der Waals surface area contributed by atoms with Crippen LogP contribution in [-0.2, 0) is 15.4 Å². The topological polar surface area (TPSA) is 64.0 Å².